The third-order valence-corrected chi connectivity index (χ3v) is 5.70. The van der Waals surface area contributed by atoms with E-state index in [4.69, 9.17) is 5.11 Å². The highest BCUT2D eigenvalue weighted by Crippen LogP contribution is 2.13. The van der Waals surface area contributed by atoms with Crippen molar-refractivity contribution in [2.75, 3.05) is 26.0 Å². The lowest BCUT2D eigenvalue weighted by Crippen LogP contribution is -2.49. The fraction of sp³-hybridized carbons (Fsp3) is 0.900. The topological polar surface area (TPSA) is 139 Å². The molecule has 172 valence electrons. The van der Waals surface area contributed by atoms with Crippen LogP contribution in [0, 0.1) is 0 Å². The van der Waals surface area contributed by atoms with Crippen LogP contribution in [-0.4, -0.2) is 91.8 Å². The third-order valence-electron chi connectivity index (χ3n) is 4.80. The summed E-state index contributed by atoms with van der Waals surface area (Å²) < 4.78 is 0. The van der Waals surface area contributed by atoms with Gasteiger partial charge >= 0.3 is 0 Å². The maximum atomic E-state index is 12.1. The first-order chi connectivity index (χ1) is 13.7. The highest BCUT2D eigenvalue weighted by atomic mass is 32.2. The molecule has 0 saturated heterocycles. The second-order valence-electron chi connectivity index (χ2n) is 7.49. The maximum Gasteiger partial charge on any atom is 0.222 e. The number of hydrogen-bond acceptors (Lipinski definition) is 8. The van der Waals surface area contributed by atoms with Gasteiger partial charge in [0.1, 0.15) is 24.4 Å². The molecule has 1 amide bonds. The lowest BCUT2D eigenvalue weighted by Gasteiger charge is -2.28. The summed E-state index contributed by atoms with van der Waals surface area (Å²) in [4.78, 5) is 24.2. The van der Waals surface area contributed by atoms with Crippen LogP contribution in [0.5, 0.6) is 0 Å². The number of unbranched alkanes of at least 4 members (excludes halogenated alkanes) is 7. The second kappa shape index (κ2) is 17.0. The molecule has 8 nitrogen and oxygen atoms in total. The van der Waals surface area contributed by atoms with Crippen LogP contribution in [0.1, 0.15) is 64.7 Å². The molecule has 4 atom stereocenters. The molecule has 0 bridgehead atoms. The Morgan fingerprint density at radius 3 is 1.83 bits per heavy atom. The van der Waals surface area contributed by atoms with E-state index in [1.807, 2.05) is 0 Å². The van der Waals surface area contributed by atoms with E-state index < -0.39 is 31.0 Å². The van der Waals surface area contributed by atoms with Crippen molar-refractivity contribution < 1.29 is 35.1 Å². The minimum absolute atomic E-state index is 0.156. The number of thioether (sulfide) groups is 1. The van der Waals surface area contributed by atoms with E-state index in [0.717, 1.165) is 57.1 Å². The Balaban J connectivity index is 3.77. The minimum Gasteiger partial charge on any atom is -0.394 e. The molecule has 29 heavy (non-hydrogen) atoms. The van der Waals surface area contributed by atoms with Gasteiger partial charge in [-0.3, -0.25) is 9.59 Å². The summed E-state index contributed by atoms with van der Waals surface area (Å²) in [6, 6.07) is 0. The van der Waals surface area contributed by atoms with Gasteiger partial charge in [0.05, 0.1) is 6.61 Å². The summed E-state index contributed by atoms with van der Waals surface area (Å²) >= 11 is 1.38. The van der Waals surface area contributed by atoms with Crippen LogP contribution < -0.4 is 0 Å². The van der Waals surface area contributed by atoms with Gasteiger partial charge in [-0.2, -0.15) is 0 Å². The zero-order valence-corrected chi connectivity index (χ0v) is 18.5. The van der Waals surface area contributed by atoms with E-state index in [9.17, 15) is 30.0 Å². The molecule has 0 aliphatic rings. The molecule has 0 aromatic heterocycles. The Kier molecular flexibility index (Phi) is 16.6. The molecule has 0 heterocycles. The van der Waals surface area contributed by atoms with Gasteiger partial charge in [-0.25, -0.2) is 0 Å². The number of rotatable bonds is 17. The van der Waals surface area contributed by atoms with E-state index in [1.54, 1.807) is 6.92 Å². The predicted octanol–water partition coefficient (Wildman–Crippen LogP) is 0.671. The van der Waals surface area contributed by atoms with Crippen molar-refractivity contribution >= 4 is 22.8 Å². The lowest BCUT2D eigenvalue weighted by molar-refractivity contribution is -0.138. The Labute approximate surface area is 178 Å². The standard InChI is InChI=1S/C20H39NO7S/c1-15(23)29-12-10-8-6-4-3-5-7-9-11-18(26)21(2)13-16(24)19(27)20(28)17(25)14-22/h16-17,19-20,22,24-25,27-28H,3-14H2,1-2H3/t16-,17?,19?,20?/m1/s1. The fourth-order valence-corrected chi connectivity index (χ4v) is 3.54. The average Bonchev–Trinajstić information content (AvgIpc) is 2.69. The van der Waals surface area contributed by atoms with Gasteiger partial charge in [0.15, 0.2) is 5.12 Å². The zero-order chi connectivity index (χ0) is 22.2. The zero-order valence-electron chi connectivity index (χ0n) is 17.7. The Bertz CT molecular complexity index is 453. The largest absolute Gasteiger partial charge is 0.394 e. The fourth-order valence-electron chi connectivity index (χ4n) is 2.90. The number of carbonyl (C=O) groups is 2. The van der Waals surface area contributed by atoms with Crippen molar-refractivity contribution in [3.63, 3.8) is 0 Å². The molecular formula is C20H39NO7S. The van der Waals surface area contributed by atoms with Gasteiger partial charge in [-0.1, -0.05) is 50.3 Å². The summed E-state index contributed by atoms with van der Waals surface area (Å²) in [5, 5.41) is 47.5. The summed E-state index contributed by atoms with van der Waals surface area (Å²) in [5.74, 6) is 0.744. The molecule has 0 aliphatic carbocycles. The summed E-state index contributed by atoms with van der Waals surface area (Å²) in [7, 11) is 1.51. The van der Waals surface area contributed by atoms with Gasteiger partial charge in [0.25, 0.3) is 0 Å². The quantitative estimate of drug-likeness (QED) is 0.209. The monoisotopic (exact) mass is 437 g/mol. The number of amides is 1. The number of carbonyl (C=O) groups excluding carboxylic acids is 2. The van der Waals surface area contributed by atoms with Gasteiger partial charge in [-0.15, -0.1) is 0 Å². The molecular weight excluding hydrogens is 398 g/mol. The van der Waals surface area contributed by atoms with E-state index in [0.29, 0.717) is 6.42 Å². The van der Waals surface area contributed by atoms with E-state index in [2.05, 4.69) is 0 Å². The van der Waals surface area contributed by atoms with Crippen LogP contribution in [0.4, 0.5) is 0 Å². The average molecular weight is 438 g/mol. The maximum absolute atomic E-state index is 12.1. The highest BCUT2D eigenvalue weighted by Gasteiger charge is 2.31. The Hall–Kier alpha value is -0.710. The Morgan fingerprint density at radius 2 is 1.31 bits per heavy atom. The van der Waals surface area contributed by atoms with Crippen LogP contribution >= 0.6 is 11.8 Å². The van der Waals surface area contributed by atoms with Crippen molar-refractivity contribution in [1.29, 1.82) is 0 Å². The van der Waals surface area contributed by atoms with Crippen molar-refractivity contribution in [3.8, 4) is 0 Å². The molecule has 0 radical (unpaired) electrons. The number of aliphatic hydroxyl groups is 5. The van der Waals surface area contributed by atoms with Gasteiger partial charge in [-0.05, 0) is 12.8 Å². The first-order valence-corrected chi connectivity index (χ1v) is 11.4. The van der Waals surface area contributed by atoms with Gasteiger partial charge in [0, 0.05) is 32.7 Å². The lowest BCUT2D eigenvalue weighted by atomic mass is 10.0. The van der Waals surface area contributed by atoms with Crippen LogP contribution in [-0.2, 0) is 9.59 Å². The number of likely N-dealkylation sites (N-methyl/N-ethyl adjacent to an activating group) is 1. The van der Waals surface area contributed by atoms with Crippen LogP contribution in [0.2, 0.25) is 0 Å². The molecule has 5 N–H and O–H groups in total. The normalized spacial score (nSPS) is 15.6. The molecule has 0 aromatic carbocycles. The first-order valence-electron chi connectivity index (χ1n) is 10.4. The molecule has 0 fully saturated rings. The highest BCUT2D eigenvalue weighted by molar-refractivity contribution is 8.13. The van der Waals surface area contributed by atoms with Gasteiger partial charge in [0.2, 0.25) is 5.91 Å². The SMILES string of the molecule is CC(=O)SCCCCCCCCCCC(=O)N(C)C[C@@H](O)C(O)C(O)C(O)CO. The molecule has 9 heteroatoms. The second-order valence-corrected chi connectivity index (χ2v) is 8.76. The van der Waals surface area contributed by atoms with Crippen LogP contribution in [0.3, 0.4) is 0 Å². The van der Waals surface area contributed by atoms with Crippen molar-refractivity contribution in [3.05, 3.63) is 0 Å². The molecule has 0 aliphatic heterocycles. The number of aliphatic hydroxyl groups excluding tert-OH is 5. The van der Waals surface area contributed by atoms with Gasteiger partial charge < -0.3 is 30.4 Å². The number of nitrogens with zero attached hydrogens (tertiary/aromatic N) is 1. The Morgan fingerprint density at radius 1 is 0.828 bits per heavy atom. The molecule has 0 rings (SSSR count). The smallest absolute Gasteiger partial charge is 0.222 e. The molecule has 3 unspecified atom stereocenters. The third kappa shape index (κ3) is 14.0. The molecule has 0 spiro atoms. The van der Waals surface area contributed by atoms with Crippen LogP contribution in [0.25, 0.3) is 0 Å². The molecule has 0 aromatic rings. The van der Waals surface area contributed by atoms with E-state index in [1.165, 1.54) is 23.7 Å². The summed E-state index contributed by atoms with van der Waals surface area (Å²) in [5.41, 5.74) is 0. The summed E-state index contributed by atoms with van der Waals surface area (Å²) in [6.07, 6.45) is 2.45. The van der Waals surface area contributed by atoms with Crippen molar-refractivity contribution in [2.45, 2.75) is 89.1 Å². The van der Waals surface area contributed by atoms with E-state index in [-0.39, 0.29) is 17.6 Å². The van der Waals surface area contributed by atoms with Crippen molar-refractivity contribution in [2.24, 2.45) is 0 Å². The first kappa shape index (κ1) is 28.3. The number of hydrogen-bond donors (Lipinski definition) is 5. The summed E-state index contributed by atoms with van der Waals surface area (Å²) in [6.45, 7) is 0.684. The van der Waals surface area contributed by atoms with E-state index >= 15 is 0 Å². The predicted molar refractivity (Wildman–Crippen MR) is 113 cm³/mol. The van der Waals surface area contributed by atoms with Crippen molar-refractivity contribution in [1.82, 2.24) is 4.90 Å². The minimum atomic E-state index is -1.69. The molecule has 0 saturated carbocycles. The van der Waals surface area contributed by atoms with Crippen LogP contribution in [0.15, 0.2) is 0 Å².